The number of unbranched alkanes of at least 4 members (excludes halogenated alkanes) is 4. The summed E-state index contributed by atoms with van der Waals surface area (Å²) >= 11 is 0. The maximum atomic E-state index is 13.2. The average molecular weight is 801 g/mol. The van der Waals surface area contributed by atoms with E-state index in [1.165, 1.54) is 24.3 Å². The summed E-state index contributed by atoms with van der Waals surface area (Å²) in [6.07, 6.45) is 4.49. The van der Waals surface area contributed by atoms with E-state index in [1.807, 2.05) is 0 Å². The normalized spacial score (nSPS) is 19.0. The molecule has 2 unspecified atom stereocenters. The van der Waals surface area contributed by atoms with Gasteiger partial charge in [-0.05, 0) is 62.8 Å². The number of rotatable bonds is 19. The zero-order valence-electron chi connectivity index (χ0n) is 31.7. The molecule has 18 heteroatoms. The van der Waals surface area contributed by atoms with Gasteiger partial charge in [0.1, 0.15) is 12.1 Å². The Balaban J connectivity index is 0.792. The summed E-state index contributed by atoms with van der Waals surface area (Å²) in [4.78, 5) is 127. The van der Waals surface area contributed by atoms with Gasteiger partial charge in [0.2, 0.25) is 35.4 Å². The maximum absolute atomic E-state index is 13.2. The Labute approximate surface area is 332 Å². The molecular weight excluding hydrogens is 756 g/mol. The zero-order chi connectivity index (χ0) is 41.3. The van der Waals surface area contributed by atoms with Gasteiger partial charge in [-0.1, -0.05) is 25.0 Å². The van der Waals surface area contributed by atoms with Crippen molar-refractivity contribution >= 4 is 70.4 Å². The summed E-state index contributed by atoms with van der Waals surface area (Å²) < 4.78 is 11.2. The lowest BCUT2D eigenvalue weighted by atomic mass is 10.0. The lowest BCUT2D eigenvalue weighted by Gasteiger charge is -2.27. The van der Waals surface area contributed by atoms with Crippen LogP contribution in [0, 0.1) is 0 Å². The van der Waals surface area contributed by atoms with Crippen LogP contribution in [0.5, 0.6) is 0 Å². The summed E-state index contributed by atoms with van der Waals surface area (Å²) in [6, 6.07) is 6.89. The summed E-state index contributed by atoms with van der Waals surface area (Å²) in [5, 5.41) is 9.75. The van der Waals surface area contributed by atoms with Gasteiger partial charge in [-0.3, -0.25) is 68.4 Å². The van der Waals surface area contributed by atoms with Crippen molar-refractivity contribution in [2.45, 2.75) is 89.1 Å². The summed E-state index contributed by atoms with van der Waals surface area (Å²) in [5.74, 6) is -5.65. The standard InChI is InChI=1S/C40H44N6O12/c47-29(41-25-11-7-9-23-33(25)39(55)45(37(23)53)27-15-17-31(49)43-35(27)51)13-3-1-5-19-57-21-22-58-20-6-2-4-14-30(48)42-26-12-8-10-24-34(26)40(56)46(38(24)54)28-16-18-32(50)44-36(28)52/h7-12,27-28H,1-6,13-22H2,(H,41,47)(H,42,48)(H,43,49,51)(H,44,50,52). The third-order valence-corrected chi connectivity index (χ3v) is 10.2. The molecular formula is C40H44N6O12. The number of benzene rings is 2. The van der Waals surface area contributed by atoms with E-state index in [0.29, 0.717) is 39.3 Å². The maximum Gasteiger partial charge on any atom is 0.264 e. The van der Waals surface area contributed by atoms with Gasteiger partial charge in [0.25, 0.3) is 23.6 Å². The second-order valence-corrected chi connectivity index (χ2v) is 14.3. The molecule has 0 aliphatic carbocycles. The van der Waals surface area contributed by atoms with Crippen molar-refractivity contribution in [3.05, 3.63) is 58.7 Å². The third-order valence-electron chi connectivity index (χ3n) is 10.2. The number of hydrogen-bond acceptors (Lipinski definition) is 12. The summed E-state index contributed by atoms with van der Waals surface area (Å²) in [7, 11) is 0. The molecule has 6 rings (SSSR count). The number of nitrogens with one attached hydrogen (secondary N) is 4. The summed E-state index contributed by atoms with van der Waals surface area (Å²) in [6.45, 7) is 1.76. The smallest absolute Gasteiger partial charge is 0.264 e. The Kier molecular flexibility index (Phi) is 13.5. The lowest BCUT2D eigenvalue weighted by Crippen LogP contribution is -2.54. The van der Waals surface area contributed by atoms with Crippen LogP contribution in [0.4, 0.5) is 11.4 Å². The number of carbonyl (C=O) groups is 10. The molecule has 2 fully saturated rings. The highest BCUT2D eigenvalue weighted by Gasteiger charge is 2.47. The van der Waals surface area contributed by atoms with Crippen LogP contribution < -0.4 is 21.3 Å². The van der Waals surface area contributed by atoms with E-state index in [-0.39, 0.29) is 84.0 Å². The minimum absolute atomic E-state index is 0.00964. The molecule has 10 amide bonds. The molecule has 2 aromatic rings. The first-order valence-electron chi connectivity index (χ1n) is 19.4. The highest BCUT2D eigenvalue weighted by Crippen LogP contribution is 2.34. The van der Waals surface area contributed by atoms with Crippen LogP contribution in [0.1, 0.15) is 118 Å². The number of nitrogens with zero attached hydrogens (tertiary/aromatic N) is 2. The molecule has 0 aromatic heterocycles. The van der Waals surface area contributed by atoms with Crippen LogP contribution in [0.2, 0.25) is 0 Å². The third kappa shape index (κ3) is 9.34. The zero-order valence-corrected chi connectivity index (χ0v) is 31.7. The predicted molar refractivity (Wildman–Crippen MR) is 202 cm³/mol. The Bertz CT molecular complexity index is 1910. The van der Waals surface area contributed by atoms with E-state index in [1.54, 1.807) is 12.1 Å². The first-order valence-corrected chi connectivity index (χ1v) is 19.4. The number of carbonyl (C=O) groups excluding carboxylic acids is 10. The SMILES string of the molecule is O=C1CCC(N2C(=O)c3cccc(NC(=O)CCCCCOCCOCCCCCC(=O)Nc4cccc5c4C(=O)N(C4CCC(=O)NC4=O)C5=O)c3C2=O)C(=O)N1. The van der Waals surface area contributed by atoms with Crippen molar-refractivity contribution in [2.24, 2.45) is 0 Å². The first kappa shape index (κ1) is 41.5. The van der Waals surface area contributed by atoms with Crippen LogP contribution in [0.15, 0.2) is 36.4 Å². The number of piperidine rings is 2. The predicted octanol–water partition coefficient (Wildman–Crippen LogP) is 2.22. The molecule has 0 bridgehead atoms. The number of hydrogen-bond donors (Lipinski definition) is 4. The molecule has 58 heavy (non-hydrogen) atoms. The van der Waals surface area contributed by atoms with E-state index in [4.69, 9.17) is 9.47 Å². The second kappa shape index (κ2) is 18.9. The van der Waals surface area contributed by atoms with E-state index in [2.05, 4.69) is 21.3 Å². The minimum atomic E-state index is -1.10. The van der Waals surface area contributed by atoms with Gasteiger partial charge in [-0.25, -0.2) is 0 Å². The van der Waals surface area contributed by atoms with E-state index >= 15 is 0 Å². The van der Waals surface area contributed by atoms with Gasteiger partial charge < -0.3 is 20.1 Å². The van der Waals surface area contributed by atoms with Crippen molar-refractivity contribution < 1.29 is 57.4 Å². The van der Waals surface area contributed by atoms with Gasteiger partial charge in [-0.15, -0.1) is 0 Å². The van der Waals surface area contributed by atoms with Gasteiger partial charge in [-0.2, -0.15) is 0 Å². The number of amides is 10. The minimum Gasteiger partial charge on any atom is -0.379 e. The van der Waals surface area contributed by atoms with Gasteiger partial charge in [0.05, 0.1) is 46.8 Å². The molecule has 2 aromatic carbocycles. The monoisotopic (exact) mass is 800 g/mol. The second-order valence-electron chi connectivity index (χ2n) is 14.3. The fraction of sp³-hybridized carbons (Fsp3) is 0.450. The molecule has 2 saturated heterocycles. The lowest BCUT2D eigenvalue weighted by molar-refractivity contribution is -0.137. The molecule has 4 aliphatic heterocycles. The topological polar surface area (TPSA) is 244 Å². The first-order chi connectivity index (χ1) is 28.0. The van der Waals surface area contributed by atoms with Crippen LogP contribution in [-0.4, -0.2) is 107 Å². The Morgan fingerprint density at radius 1 is 0.552 bits per heavy atom. The van der Waals surface area contributed by atoms with Crippen molar-refractivity contribution in [2.75, 3.05) is 37.1 Å². The highest BCUT2D eigenvalue weighted by molar-refractivity contribution is 6.27. The Morgan fingerprint density at radius 2 is 0.966 bits per heavy atom. The van der Waals surface area contributed by atoms with E-state index in [9.17, 15) is 47.9 Å². The molecule has 0 spiro atoms. The van der Waals surface area contributed by atoms with Gasteiger partial charge in [0.15, 0.2) is 0 Å². The van der Waals surface area contributed by atoms with Crippen LogP contribution >= 0.6 is 0 Å². The summed E-state index contributed by atoms with van der Waals surface area (Å²) in [5.41, 5.74) is 0.615. The van der Waals surface area contributed by atoms with E-state index in [0.717, 1.165) is 35.5 Å². The highest BCUT2D eigenvalue weighted by atomic mass is 16.5. The molecule has 0 saturated carbocycles. The van der Waals surface area contributed by atoms with E-state index < -0.39 is 59.3 Å². The van der Waals surface area contributed by atoms with Crippen LogP contribution in [0.3, 0.4) is 0 Å². The van der Waals surface area contributed by atoms with Crippen molar-refractivity contribution in [3.63, 3.8) is 0 Å². The number of anilines is 2. The molecule has 4 N–H and O–H groups in total. The number of ether oxygens (including phenoxy) is 2. The van der Waals surface area contributed by atoms with Gasteiger partial charge in [0, 0.05) is 38.9 Å². The molecule has 306 valence electrons. The van der Waals surface area contributed by atoms with Crippen LogP contribution in [0.25, 0.3) is 0 Å². The quantitative estimate of drug-likeness (QED) is 0.118. The average Bonchev–Trinajstić information content (AvgIpc) is 3.59. The molecule has 4 heterocycles. The fourth-order valence-corrected chi connectivity index (χ4v) is 7.32. The van der Waals surface area contributed by atoms with Crippen molar-refractivity contribution in [1.29, 1.82) is 0 Å². The molecule has 4 aliphatic rings. The van der Waals surface area contributed by atoms with Crippen molar-refractivity contribution in [3.8, 4) is 0 Å². The largest absolute Gasteiger partial charge is 0.379 e. The number of imide groups is 4. The van der Waals surface area contributed by atoms with Gasteiger partial charge >= 0.3 is 0 Å². The molecule has 0 radical (unpaired) electrons. The molecule has 2 atom stereocenters. The van der Waals surface area contributed by atoms with Crippen molar-refractivity contribution in [1.82, 2.24) is 20.4 Å². The Morgan fingerprint density at radius 3 is 1.36 bits per heavy atom. The fourth-order valence-electron chi connectivity index (χ4n) is 7.32. The number of fused-ring (bicyclic) bond motifs is 2. The van der Waals surface area contributed by atoms with Crippen LogP contribution in [-0.2, 0) is 38.2 Å². The molecule has 18 nitrogen and oxygen atoms in total. The Hall–Kier alpha value is -6.14.